The van der Waals surface area contributed by atoms with E-state index in [-0.39, 0.29) is 11.5 Å². The molecule has 1 N–H and O–H groups in total. The van der Waals surface area contributed by atoms with Gasteiger partial charge in [-0.25, -0.2) is 4.68 Å². The summed E-state index contributed by atoms with van der Waals surface area (Å²) in [5, 5.41) is 2.86. The maximum absolute atomic E-state index is 13.0. The van der Waals surface area contributed by atoms with Gasteiger partial charge in [0.1, 0.15) is 5.69 Å². The van der Waals surface area contributed by atoms with Crippen molar-refractivity contribution < 1.29 is 4.79 Å². The molecule has 6 nitrogen and oxygen atoms in total. The number of anilines is 1. The molecule has 29 heavy (non-hydrogen) atoms. The van der Waals surface area contributed by atoms with E-state index in [4.69, 9.17) is 0 Å². The summed E-state index contributed by atoms with van der Waals surface area (Å²) in [6.45, 7) is 6.40. The van der Waals surface area contributed by atoms with Gasteiger partial charge in [-0.2, -0.15) is 0 Å². The number of nitrogens with zero attached hydrogens (tertiary/aromatic N) is 3. The van der Waals surface area contributed by atoms with Crippen LogP contribution < -0.4 is 10.9 Å². The van der Waals surface area contributed by atoms with E-state index in [1.54, 1.807) is 9.36 Å². The average molecular weight is 393 g/mol. The van der Waals surface area contributed by atoms with Crippen LogP contribution in [0.15, 0.2) is 59.4 Å². The zero-order chi connectivity index (χ0) is 21.1. The number of amides is 1. The second-order valence-electron chi connectivity index (χ2n) is 7.44. The molecule has 0 fully saturated rings. The zero-order valence-electron chi connectivity index (χ0n) is 17.6. The SMILES string of the molecule is Cc1ccccc1CN(C)[C@@H](C)C(=O)Nc1c(C)n(C)n(-c2ccccc2)c1=O. The molecular formula is C23H28N4O2. The molecule has 1 heterocycles. The summed E-state index contributed by atoms with van der Waals surface area (Å²) in [5.41, 5.74) is 3.92. The third-order valence-electron chi connectivity index (χ3n) is 5.52. The lowest BCUT2D eigenvalue weighted by Crippen LogP contribution is -2.40. The average Bonchev–Trinajstić information content (AvgIpc) is 2.92. The van der Waals surface area contributed by atoms with Gasteiger partial charge >= 0.3 is 0 Å². The Morgan fingerprint density at radius 3 is 2.34 bits per heavy atom. The minimum atomic E-state index is -0.390. The molecule has 1 amide bonds. The predicted molar refractivity (Wildman–Crippen MR) is 116 cm³/mol. The first-order valence-corrected chi connectivity index (χ1v) is 9.71. The molecule has 3 rings (SSSR count). The molecule has 3 aromatic rings. The summed E-state index contributed by atoms with van der Waals surface area (Å²) in [5.74, 6) is -0.202. The van der Waals surface area contributed by atoms with E-state index in [9.17, 15) is 9.59 Å². The second kappa shape index (κ2) is 8.49. The third kappa shape index (κ3) is 4.17. The molecule has 152 valence electrons. The van der Waals surface area contributed by atoms with Crippen molar-refractivity contribution in [1.29, 1.82) is 0 Å². The molecule has 1 aromatic heterocycles. The van der Waals surface area contributed by atoms with Crippen molar-refractivity contribution in [2.45, 2.75) is 33.4 Å². The van der Waals surface area contributed by atoms with Crippen LogP contribution in [-0.2, 0) is 18.4 Å². The Morgan fingerprint density at radius 1 is 1.07 bits per heavy atom. The number of aromatic nitrogens is 2. The van der Waals surface area contributed by atoms with Crippen LogP contribution in [0.5, 0.6) is 0 Å². The predicted octanol–water partition coefficient (Wildman–Crippen LogP) is 3.25. The lowest BCUT2D eigenvalue weighted by atomic mass is 10.1. The standard InChI is InChI=1S/C23H28N4O2/c1-16-11-9-10-12-19(16)15-25(4)18(3)22(28)24-21-17(2)26(5)27(23(21)29)20-13-7-6-8-14-20/h6-14,18H,15H2,1-5H3,(H,24,28)/t18-/m0/s1. The van der Waals surface area contributed by atoms with Gasteiger partial charge in [-0.3, -0.25) is 19.2 Å². The monoisotopic (exact) mass is 392 g/mol. The van der Waals surface area contributed by atoms with Crippen LogP contribution in [0.3, 0.4) is 0 Å². The summed E-state index contributed by atoms with van der Waals surface area (Å²) in [6.07, 6.45) is 0. The zero-order valence-corrected chi connectivity index (χ0v) is 17.6. The summed E-state index contributed by atoms with van der Waals surface area (Å²) in [4.78, 5) is 27.8. The van der Waals surface area contributed by atoms with Crippen molar-refractivity contribution >= 4 is 11.6 Å². The Morgan fingerprint density at radius 2 is 1.69 bits per heavy atom. The van der Waals surface area contributed by atoms with E-state index in [1.807, 2.05) is 75.3 Å². The molecule has 0 saturated carbocycles. The summed E-state index contributed by atoms with van der Waals surface area (Å²) >= 11 is 0. The van der Waals surface area contributed by atoms with Crippen molar-refractivity contribution in [1.82, 2.24) is 14.3 Å². The molecule has 1 atom stereocenters. The maximum Gasteiger partial charge on any atom is 0.295 e. The van der Waals surface area contributed by atoms with Crippen LogP contribution in [0.25, 0.3) is 5.69 Å². The van der Waals surface area contributed by atoms with Gasteiger partial charge in [-0.1, -0.05) is 42.5 Å². The highest BCUT2D eigenvalue weighted by Crippen LogP contribution is 2.16. The van der Waals surface area contributed by atoms with E-state index in [0.717, 1.165) is 5.69 Å². The Labute approximate surface area is 171 Å². The minimum Gasteiger partial charge on any atom is -0.319 e. The molecule has 0 spiro atoms. The van der Waals surface area contributed by atoms with Gasteiger partial charge in [0.25, 0.3) is 5.56 Å². The molecule has 0 aliphatic carbocycles. The number of hydrogen-bond donors (Lipinski definition) is 1. The summed E-state index contributed by atoms with van der Waals surface area (Å²) in [6, 6.07) is 17.1. The summed E-state index contributed by atoms with van der Waals surface area (Å²) < 4.78 is 3.32. The fourth-order valence-corrected chi connectivity index (χ4v) is 3.33. The van der Waals surface area contributed by atoms with Gasteiger partial charge in [0, 0.05) is 13.6 Å². The molecule has 0 radical (unpaired) electrons. The van der Waals surface area contributed by atoms with Crippen molar-refractivity contribution in [3.05, 3.63) is 81.8 Å². The van der Waals surface area contributed by atoms with Gasteiger partial charge in [-0.15, -0.1) is 0 Å². The fourth-order valence-electron chi connectivity index (χ4n) is 3.33. The highest BCUT2D eigenvalue weighted by Gasteiger charge is 2.23. The Hall–Kier alpha value is -3.12. The van der Waals surface area contributed by atoms with Crippen LogP contribution in [-0.4, -0.2) is 33.3 Å². The van der Waals surface area contributed by atoms with Gasteiger partial charge in [0.15, 0.2) is 0 Å². The second-order valence-corrected chi connectivity index (χ2v) is 7.44. The first kappa shape index (κ1) is 20.6. The highest BCUT2D eigenvalue weighted by molar-refractivity contribution is 5.94. The van der Waals surface area contributed by atoms with Crippen LogP contribution in [0.1, 0.15) is 23.7 Å². The van der Waals surface area contributed by atoms with Crippen molar-refractivity contribution in [2.24, 2.45) is 7.05 Å². The third-order valence-corrected chi connectivity index (χ3v) is 5.52. The topological polar surface area (TPSA) is 59.3 Å². The van der Waals surface area contributed by atoms with E-state index in [0.29, 0.717) is 17.9 Å². The number of likely N-dealkylation sites (N-methyl/N-ethyl adjacent to an activating group) is 1. The molecule has 0 aliphatic heterocycles. The Balaban J connectivity index is 1.80. The van der Waals surface area contributed by atoms with E-state index in [2.05, 4.69) is 24.4 Å². The highest BCUT2D eigenvalue weighted by atomic mass is 16.2. The van der Waals surface area contributed by atoms with Crippen molar-refractivity contribution in [3.8, 4) is 5.69 Å². The molecule has 0 aliphatic rings. The number of benzene rings is 2. The van der Waals surface area contributed by atoms with E-state index >= 15 is 0 Å². The quantitative estimate of drug-likeness (QED) is 0.701. The number of nitrogens with one attached hydrogen (secondary N) is 1. The lowest BCUT2D eigenvalue weighted by Gasteiger charge is -2.24. The van der Waals surface area contributed by atoms with Crippen LogP contribution in [0, 0.1) is 13.8 Å². The number of para-hydroxylation sites is 1. The normalized spacial score (nSPS) is 12.2. The minimum absolute atomic E-state index is 0.202. The number of carbonyl (C=O) groups is 1. The largest absolute Gasteiger partial charge is 0.319 e. The number of hydrogen-bond acceptors (Lipinski definition) is 3. The maximum atomic E-state index is 13.0. The molecule has 0 bridgehead atoms. The number of aryl methyl sites for hydroxylation is 1. The number of carbonyl (C=O) groups excluding carboxylic acids is 1. The Kier molecular flexibility index (Phi) is 6.03. The van der Waals surface area contributed by atoms with Crippen LogP contribution in [0.4, 0.5) is 5.69 Å². The molecule has 2 aromatic carbocycles. The van der Waals surface area contributed by atoms with Gasteiger partial charge < -0.3 is 5.32 Å². The van der Waals surface area contributed by atoms with Gasteiger partial charge in [0.05, 0.1) is 17.4 Å². The Bertz CT molecular complexity index is 1070. The molecule has 0 unspecified atom stereocenters. The smallest absolute Gasteiger partial charge is 0.295 e. The summed E-state index contributed by atoms with van der Waals surface area (Å²) in [7, 11) is 3.73. The lowest BCUT2D eigenvalue weighted by molar-refractivity contribution is -0.120. The first-order chi connectivity index (χ1) is 13.8. The van der Waals surface area contributed by atoms with Gasteiger partial charge in [-0.05, 0) is 51.1 Å². The number of rotatable bonds is 6. The molecule has 0 saturated heterocycles. The van der Waals surface area contributed by atoms with E-state index in [1.165, 1.54) is 11.1 Å². The van der Waals surface area contributed by atoms with Crippen LogP contribution >= 0.6 is 0 Å². The van der Waals surface area contributed by atoms with Gasteiger partial charge in [0.2, 0.25) is 5.91 Å². The molecule has 6 heteroatoms. The molecular weight excluding hydrogens is 364 g/mol. The fraction of sp³-hybridized carbons (Fsp3) is 0.304. The van der Waals surface area contributed by atoms with E-state index < -0.39 is 6.04 Å². The first-order valence-electron chi connectivity index (χ1n) is 9.71. The van der Waals surface area contributed by atoms with Crippen molar-refractivity contribution in [3.63, 3.8) is 0 Å². The van der Waals surface area contributed by atoms with Crippen LogP contribution in [0.2, 0.25) is 0 Å². The van der Waals surface area contributed by atoms with Crippen molar-refractivity contribution in [2.75, 3.05) is 12.4 Å².